The summed E-state index contributed by atoms with van der Waals surface area (Å²) in [6.45, 7) is 5.47. The van der Waals surface area contributed by atoms with Crippen LogP contribution in [-0.2, 0) is 4.79 Å². The summed E-state index contributed by atoms with van der Waals surface area (Å²) in [7, 11) is 0. The Labute approximate surface area is 54.4 Å². The van der Waals surface area contributed by atoms with Gasteiger partial charge in [-0.3, -0.25) is 4.79 Å². The van der Waals surface area contributed by atoms with Gasteiger partial charge in [0, 0.05) is 0 Å². The first-order valence-electron chi connectivity index (χ1n) is 2.80. The van der Waals surface area contributed by atoms with Crippen LogP contribution >= 0.6 is 0 Å². The largest absolute Gasteiger partial charge is 0.290 e. The highest BCUT2D eigenvalue weighted by molar-refractivity contribution is 6.05. The zero-order valence-electron chi connectivity index (χ0n) is 5.35. The molecule has 0 saturated carbocycles. The second-order valence-corrected chi connectivity index (χ2v) is 2.10. The van der Waals surface area contributed by atoms with Gasteiger partial charge in [0.05, 0.1) is 0 Å². The van der Waals surface area contributed by atoms with Gasteiger partial charge in [-0.15, -0.1) is 0 Å². The van der Waals surface area contributed by atoms with Crippen LogP contribution in [0.3, 0.4) is 0 Å². The fourth-order valence-electron chi connectivity index (χ4n) is 0.712. The van der Waals surface area contributed by atoms with Gasteiger partial charge >= 0.3 is 0 Å². The molecule has 0 amide bonds. The molecular formula is C8H8O. The van der Waals surface area contributed by atoms with E-state index in [1.54, 1.807) is 19.1 Å². The van der Waals surface area contributed by atoms with E-state index < -0.39 is 0 Å². The number of carbonyl (C=O) groups excluding carboxylic acids is 1. The Balaban J connectivity index is 2.95. The Bertz CT molecular complexity index is 219. The minimum Gasteiger partial charge on any atom is -0.290 e. The molecule has 0 N–H and O–H groups in total. The van der Waals surface area contributed by atoms with Gasteiger partial charge in [0.1, 0.15) is 0 Å². The molecular weight excluding hydrogens is 112 g/mol. The van der Waals surface area contributed by atoms with Crippen molar-refractivity contribution >= 4 is 5.78 Å². The van der Waals surface area contributed by atoms with Gasteiger partial charge in [0.25, 0.3) is 0 Å². The first-order chi connectivity index (χ1) is 4.20. The summed E-state index contributed by atoms with van der Waals surface area (Å²) in [6.07, 6.45) is 5.04. The number of rotatable bonds is 0. The van der Waals surface area contributed by atoms with E-state index in [9.17, 15) is 4.79 Å². The third kappa shape index (κ3) is 1.17. The second-order valence-electron chi connectivity index (χ2n) is 2.10. The molecule has 0 saturated heterocycles. The third-order valence-corrected chi connectivity index (χ3v) is 1.24. The van der Waals surface area contributed by atoms with Crippen LogP contribution in [0.5, 0.6) is 0 Å². The van der Waals surface area contributed by atoms with E-state index >= 15 is 0 Å². The lowest BCUT2D eigenvalue weighted by Gasteiger charge is -2.00. The lowest BCUT2D eigenvalue weighted by molar-refractivity contribution is -0.111. The summed E-state index contributed by atoms with van der Waals surface area (Å²) in [4.78, 5) is 10.7. The zero-order valence-corrected chi connectivity index (χ0v) is 5.35. The number of allylic oxidation sites excluding steroid dienone is 5. The molecule has 0 aliphatic heterocycles. The second kappa shape index (κ2) is 2.02. The molecule has 0 radical (unpaired) electrons. The van der Waals surface area contributed by atoms with Crippen LogP contribution in [0, 0.1) is 0 Å². The first kappa shape index (κ1) is 6.02. The summed E-state index contributed by atoms with van der Waals surface area (Å²) in [5, 5.41) is 0. The summed E-state index contributed by atoms with van der Waals surface area (Å²) in [5.74, 6) is 0.0856. The smallest absolute Gasteiger partial charge is 0.181 e. The molecule has 0 spiro atoms. The highest BCUT2D eigenvalue weighted by Gasteiger charge is 2.03. The quantitative estimate of drug-likeness (QED) is 0.474. The van der Waals surface area contributed by atoms with Crippen molar-refractivity contribution in [3.63, 3.8) is 0 Å². The predicted molar refractivity (Wildman–Crippen MR) is 37.0 cm³/mol. The lowest BCUT2D eigenvalue weighted by Crippen LogP contribution is -1.98. The molecule has 0 unspecified atom stereocenters. The summed E-state index contributed by atoms with van der Waals surface area (Å²) >= 11 is 0. The number of ketones is 1. The molecule has 46 valence electrons. The maximum Gasteiger partial charge on any atom is 0.181 e. The van der Waals surface area contributed by atoms with Gasteiger partial charge < -0.3 is 0 Å². The van der Waals surface area contributed by atoms with Gasteiger partial charge in [0.15, 0.2) is 5.78 Å². The van der Waals surface area contributed by atoms with Crippen molar-refractivity contribution in [3.05, 3.63) is 36.0 Å². The molecule has 0 atom stereocenters. The van der Waals surface area contributed by atoms with Gasteiger partial charge in [-0.1, -0.05) is 12.7 Å². The third-order valence-electron chi connectivity index (χ3n) is 1.24. The monoisotopic (exact) mass is 120 g/mol. The van der Waals surface area contributed by atoms with E-state index in [1.807, 2.05) is 0 Å². The van der Waals surface area contributed by atoms with Crippen LogP contribution in [-0.4, -0.2) is 5.78 Å². The molecule has 0 fully saturated rings. The molecule has 1 rings (SSSR count). The summed E-state index contributed by atoms with van der Waals surface area (Å²) in [6, 6.07) is 0. The van der Waals surface area contributed by atoms with Crippen molar-refractivity contribution < 1.29 is 4.79 Å². The number of hydrogen-bond acceptors (Lipinski definition) is 1. The Hall–Kier alpha value is -1.11. The van der Waals surface area contributed by atoms with E-state index in [1.165, 1.54) is 6.08 Å². The maximum atomic E-state index is 10.7. The topological polar surface area (TPSA) is 17.1 Å². The van der Waals surface area contributed by atoms with Crippen LogP contribution in [0.15, 0.2) is 36.0 Å². The average Bonchev–Trinajstić information content (AvgIpc) is 1.80. The number of carbonyl (C=O) groups is 1. The first-order valence-corrected chi connectivity index (χ1v) is 2.80. The highest BCUT2D eigenvalue weighted by Crippen LogP contribution is 2.09. The van der Waals surface area contributed by atoms with Gasteiger partial charge in [-0.05, 0) is 30.2 Å². The molecule has 0 aromatic carbocycles. The van der Waals surface area contributed by atoms with Gasteiger partial charge in [-0.25, -0.2) is 0 Å². The summed E-state index contributed by atoms with van der Waals surface area (Å²) < 4.78 is 0. The van der Waals surface area contributed by atoms with E-state index in [2.05, 4.69) is 6.58 Å². The van der Waals surface area contributed by atoms with Gasteiger partial charge in [0.2, 0.25) is 0 Å². The minimum atomic E-state index is 0.0856. The van der Waals surface area contributed by atoms with E-state index in [4.69, 9.17) is 0 Å². The van der Waals surface area contributed by atoms with Crippen molar-refractivity contribution in [2.45, 2.75) is 6.92 Å². The molecule has 1 nitrogen and oxygen atoms in total. The molecule has 1 aliphatic rings. The van der Waals surface area contributed by atoms with Crippen molar-refractivity contribution in [3.8, 4) is 0 Å². The molecule has 0 bridgehead atoms. The van der Waals surface area contributed by atoms with Crippen LogP contribution < -0.4 is 0 Å². The van der Waals surface area contributed by atoms with E-state index in [0.29, 0.717) is 0 Å². The molecule has 1 aliphatic carbocycles. The van der Waals surface area contributed by atoms with Crippen molar-refractivity contribution in [2.75, 3.05) is 0 Å². The van der Waals surface area contributed by atoms with Crippen LogP contribution in [0.4, 0.5) is 0 Å². The Morgan fingerprint density at radius 1 is 1.44 bits per heavy atom. The molecule has 1 heteroatoms. The molecule has 0 aromatic heterocycles. The maximum absolute atomic E-state index is 10.7. The Morgan fingerprint density at radius 3 is 2.56 bits per heavy atom. The van der Waals surface area contributed by atoms with Crippen molar-refractivity contribution in [1.82, 2.24) is 0 Å². The Morgan fingerprint density at radius 2 is 2.11 bits per heavy atom. The highest BCUT2D eigenvalue weighted by atomic mass is 16.1. The van der Waals surface area contributed by atoms with E-state index in [0.717, 1.165) is 11.1 Å². The SMILES string of the molecule is C=C1C=CC(=O)C(C)=C1. The fourth-order valence-corrected chi connectivity index (χ4v) is 0.712. The van der Waals surface area contributed by atoms with Crippen LogP contribution in [0.1, 0.15) is 6.92 Å². The summed E-state index contributed by atoms with van der Waals surface area (Å²) in [5.41, 5.74) is 1.66. The lowest BCUT2D eigenvalue weighted by atomic mass is 10.0. The van der Waals surface area contributed by atoms with Crippen LogP contribution in [0.25, 0.3) is 0 Å². The normalized spacial score (nSPS) is 18.1. The standard InChI is InChI=1S/C8H8O/c1-6-3-4-8(9)7(2)5-6/h3-5H,1H2,2H3. The zero-order chi connectivity index (χ0) is 6.85. The van der Waals surface area contributed by atoms with Crippen LogP contribution in [0.2, 0.25) is 0 Å². The predicted octanol–water partition coefficient (Wildman–Crippen LogP) is 1.63. The molecule has 9 heavy (non-hydrogen) atoms. The molecule has 0 heterocycles. The minimum absolute atomic E-state index is 0.0856. The average molecular weight is 120 g/mol. The Kier molecular flexibility index (Phi) is 1.35. The number of hydrogen-bond donors (Lipinski definition) is 0. The van der Waals surface area contributed by atoms with Gasteiger partial charge in [-0.2, -0.15) is 0 Å². The van der Waals surface area contributed by atoms with E-state index in [-0.39, 0.29) is 5.78 Å². The van der Waals surface area contributed by atoms with Crippen molar-refractivity contribution in [2.24, 2.45) is 0 Å². The van der Waals surface area contributed by atoms with Crippen molar-refractivity contribution in [1.29, 1.82) is 0 Å². The fraction of sp³-hybridized carbons (Fsp3) is 0.125. The molecule has 0 aromatic rings.